The molecule has 108 valence electrons. The summed E-state index contributed by atoms with van der Waals surface area (Å²) >= 11 is 3.42. The molecule has 0 heterocycles. The standard InChI is InChI=1S/C15H13BrN2O3/c1-9-5-12(16)6-10(2)15(9)17-8-11-3-4-13(18(20)21)7-14(11)19/h3-8,19H,1-2H3. The Hall–Kier alpha value is -2.21. The van der Waals surface area contributed by atoms with E-state index in [9.17, 15) is 15.2 Å². The van der Waals surface area contributed by atoms with Gasteiger partial charge in [0.05, 0.1) is 16.7 Å². The lowest BCUT2D eigenvalue weighted by molar-refractivity contribution is -0.384. The third-order valence-electron chi connectivity index (χ3n) is 3.01. The van der Waals surface area contributed by atoms with Gasteiger partial charge in [0.25, 0.3) is 5.69 Å². The smallest absolute Gasteiger partial charge is 0.273 e. The SMILES string of the molecule is Cc1cc(Br)cc(C)c1N=Cc1ccc([N+](=O)[O-])cc1O. The largest absolute Gasteiger partial charge is 0.507 e. The summed E-state index contributed by atoms with van der Waals surface area (Å²) in [4.78, 5) is 14.4. The number of nitrogens with zero attached hydrogens (tertiary/aromatic N) is 2. The number of nitro groups is 1. The van der Waals surface area contributed by atoms with Crippen molar-refractivity contribution in [2.75, 3.05) is 0 Å². The van der Waals surface area contributed by atoms with E-state index in [1.807, 2.05) is 26.0 Å². The van der Waals surface area contributed by atoms with Crippen LogP contribution in [0, 0.1) is 24.0 Å². The molecule has 0 atom stereocenters. The molecule has 21 heavy (non-hydrogen) atoms. The van der Waals surface area contributed by atoms with Crippen molar-refractivity contribution in [2.45, 2.75) is 13.8 Å². The average molecular weight is 349 g/mol. The van der Waals surface area contributed by atoms with E-state index in [0.717, 1.165) is 27.4 Å². The van der Waals surface area contributed by atoms with Crippen molar-refractivity contribution in [3.63, 3.8) is 0 Å². The van der Waals surface area contributed by atoms with Crippen molar-refractivity contribution in [1.29, 1.82) is 0 Å². The van der Waals surface area contributed by atoms with E-state index in [2.05, 4.69) is 20.9 Å². The van der Waals surface area contributed by atoms with Crippen LogP contribution in [0.3, 0.4) is 0 Å². The number of benzene rings is 2. The predicted molar refractivity (Wildman–Crippen MR) is 85.6 cm³/mol. The van der Waals surface area contributed by atoms with E-state index in [-0.39, 0.29) is 11.4 Å². The Labute approximate surface area is 130 Å². The maximum Gasteiger partial charge on any atom is 0.273 e. The number of nitro benzene ring substituents is 1. The second kappa shape index (κ2) is 6.05. The highest BCUT2D eigenvalue weighted by atomic mass is 79.9. The van der Waals surface area contributed by atoms with Gasteiger partial charge in [0.2, 0.25) is 0 Å². The fourth-order valence-electron chi connectivity index (χ4n) is 2.00. The lowest BCUT2D eigenvalue weighted by atomic mass is 10.1. The first-order valence-corrected chi connectivity index (χ1v) is 6.96. The van der Waals surface area contributed by atoms with E-state index in [1.54, 1.807) is 0 Å². The summed E-state index contributed by atoms with van der Waals surface area (Å²) in [5, 5.41) is 20.4. The second-order valence-electron chi connectivity index (χ2n) is 4.65. The van der Waals surface area contributed by atoms with Gasteiger partial charge in [-0.15, -0.1) is 0 Å². The van der Waals surface area contributed by atoms with Crippen molar-refractivity contribution in [3.8, 4) is 5.75 Å². The quantitative estimate of drug-likeness (QED) is 0.506. The molecule has 0 aliphatic rings. The molecule has 0 amide bonds. The summed E-state index contributed by atoms with van der Waals surface area (Å²) in [5.74, 6) is -0.166. The molecule has 0 fully saturated rings. The molecule has 5 nitrogen and oxygen atoms in total. The molecular formula is C15H13BrN2O3. The van der Waals surface area contributed by atoms with Gasteiger partial charge in [0.15, 0.2) is 0 Å². The molecule has 0 saturated carbocycles. The van der Waals surface area contributed by atoms with Crippen molar-refractivity contribution in [1.82, 2.24) is 0 Å². The van der Waals surface area contributed by atoms with Gasteiger partial charge in [-0.05, 0) is 43.2 Å². The average Bonchev–Trinajstić information content (AvgIpc) is 2.38. The third-order valence-corrected chi connectivity index (χ3v) is 3.47. The Balaban J connectivity index is 2.36. The van der Waals surface area contributed by atoms with Gasteiger partial charge in [-0.2, -0.15) is 0 Å². The zero-order valence-corrected chi connectivity index (χ0v) is 13.1. The highest BCUT2D eigenvalue weighted by Crippen LogP contribution is 2.28. The Morgan fingerprint density at radius 3 is 2.38 bits per heavy atom. The number of hydrogen-bond acceptors (Lipinski definition) is 4. The van der Waals surface area contributed by atoms with Crippen LogP contribution in [0.15, 0.2) is 39.8 Å². The number of aryl methyl sites for hydroxylation is 2. The number of hydrogen-bond donors (Lipinski definition) is 1. The van der Waals surface area contributed by atoms with Gasteiger partial charge in [0, 0.05) is 22.3 Å². The molecule has 2 aromatic rings. The monoisotopic (exact) mass is 348 g/mol. The van der Waals surface area contributed by atoms with Gasteiger partial charge in [-0.1, -0.05) is 15.9 Å². The Morgan fingerprint density at radius 2 is 1.86 bits per heavy atom. The minimum atomic E-state index is -0.552. The van der Waals surface area contributed by atoms with Crippen LogP contribution < -0.4 is 0 Å². The highest BCUT2D eigenvalue weighted by molar-refractivity contribution is 9.10. The summed E-state index contributed by atoms with van der Waals surface area (Å²) in [6.07, 6.45) is 1.50. The van der Waals surface area contributed by atoms with Crippen LogP contribution in [0.2, 0.25) is 0 Å². The topological polar surface area (TPSA) is 75.7 Å². The van der Waals surface area contributed by atoms with E-state index < -0.39 is 4.92 Å². The summed E-state index contributed by atoms with van der Waals surface area (Å²) in [7, 11) is 0. The molecule has 2 aromatic carbocycles. The van der Waals surface area contributed by atoms with E-state index >= 15 is 0 Å². The van der Waals surface area contributed by atoms with Crippen LogP contribution in [0.4, 0.5) is 11.4 Å². The molecule has 0 aliphatic heterocycles. The minimum absolute atomic E-state index is 0.152. The van der Waals surface area contributed by atoms with Crippen molar-refractivity contribution >= 4 is 33.5 Å². The molecule has 0 unspecified atom stereocenters. The summed E-state index contributed by atoms with van der Waals surface area (Å²) in [5.41, 5.74) is 3.10. The van der Waals surface area contributed by atoms with Crippen molar-refractivity contribution in [3.05, 3.63) is 61.6 Å². The molecule has 0 aliphatic carbocycles. The van der Waals surface area contributed by atoms with Gasteiger partial charge in [-0.25, -0.2) is 0 Å². The van der Waals surface area contributed by atoms with Gasteiger partial charge >= 0.3 is 0 Å². The van der Waals surface area contributed by atoms with Crippen LogP contribution in [-0.4, -0.2) is 16.2 Å². The maximum atomic E-state index is 10.6. The van der Waals surface area contributed by atoms with Gasteiger partial charge in [-0.3, -0.25) is 15.1 Å². The van der Waals surface area contributed by atoms with Crippen LogP contribution in [-0.2, 0) is 0 Å². The van der Waals surface area contributed by atoms with Crippen LogP contribution in [0.1, 0.15) is 16.7 Å². The fourth-order valence-corrected chi connectivity index (χ4v) is 2.68. The van der Waals surface area contributed by atoms with Crippen LogP contribution in [0.25, 0.3) is 0 Å². The molecule has 0 bridgehead atoms. The molecular weight excluding hydrogens is 336 g/mol. The molecule has 0 aromatic heterocycles. The Kier molecular flexibility index (Phi) is 4.37. The summed E-state index contributed by atoms with van der Waals surface area (Å²) in [6, 6.07) is 7.83. The Morgan fingerprint density at radius 1 is 1.24 bits per heavy atom. The second-order valence-corrected chi connectivity index (χ2v) is 5.56. The van der Waals surface area contributed by atoms with Gasteiger partial charge in [0.1, 0.15) is 5.75 Å². The summed E-state index contributed by atoms with van der Waals surface area (Å²) in [6.45, 7) is 3.89. The third kappa shape index (κ3) is 3.46. The first-order chi connectivity index (χ1) is 9.88. The predicted octanol–water partition coefficient (Wildman–Crippen LogP) is 4.43. The van der Waals surface area contributed by atoms with E-state index in [0.29, 0.717) is 5.56 Å². The first kappa shape index (κ1) is 15.2. The zero-order chi connectivity index (χ0) is 15.6. The van der Waals surface area contributed by atoms with Crippen LogP contribution >= 0.6 is 15.9 Å². The lowest BCUT2D eigenvalue weighted by Crippen LogP contribution is -1.90. The van der Waals surface area contributed by atoms with E-state index in [1.165, 1.54) is 18.3 Å². The molecule has 0 radical (unpaired) electrons. The number of phenolic OH excluding ortho intramolecular Hbond substituents is 1. The zero-order valence-electron chi connectivity index (χ0n) is 11.5. The summed E-state index contributed by atoms with van der Waals surface area (Å²) < 4.78 is 0.981. The lowest BCUT2D eigenvalue weighted by Gasteiger charge is -2.06. The number of phenols is 1. The first-order valence-electron chi connectivity index (χ1n) is 6.16. The number of aliphatic imine (C=N–C) groups is 1. The molecule has 6 heteroatoms. The molecule has 0 saturated heterocycles. The minimum Gasteiger partial charge on any atom is -0.507 e. The normalized spacial score (nSPS) is 11.0. The van der Waals surface area contributed by atoms with Crippen molar-refractivity contribution < 1.29 is 10.0 Å². The van der Waals surface area contributed by atoms with Crippen LogP contribution in [0.5, 0.6) is 5.75 Å². The van der Waals surface area contributed by atoms with Crippen molar-refractivity contribution in [2.24, 2.45) is 4.99 Å². The number of non-ortho nitro benzene ring substituents is 1. The molecule has 2 rings (SSSR count). The van der Waals surface area contributed by atoms with Gasteiger partial charge < -0.3 is 5.11 Å². The fraction of sp³-hybridized carbons (Fsp3) is 0.133. The maximum absolute atomic E-state index is 10.6. The van der Waals surface area contributed by atoms with E-state index in [4.69, 9.17) is 0 Å². The molecule has 0 spiro atoms. The number of aromatic hydroxyl groups is 1. The molecule has 1 N–H and O–H groups in total. The number of rotatable bonds is 3. The Bertz CT molecular complexity index is 719. The number of halogens is 1. The highest BCUT2D eigenvalue weighted by Gasteiger charge is 2.09.